The van der Waals surface area contributed by atoms with E-state index in [0.717, 1.165) is 23.4 Å². The molecule has 0 saturated carbocycles. The van der Waals surface area contributed by atoms with Gasteiger partial charge in [0.25, 0.3) is 5.56 Å². The summed E-state index contributed by atoms with van der Waals surface area (Å²) in [6.07, 6.45) is 2.18. The molecule has 0 spiro atoms. The molecule has 0 amide bonds. The molecule has 0 saturated heterocycles. The number of hydrogen-bond acceptors (Lipinski definition) is 4. The number of aryl methyl sites for hydroxylation is 1. The number of rotatable bonds is 3. The molecule has 1 N–H and O–H groups in total. The van der Waals surface area contributed by atoms with Crippen LogP contribution in [0.4, 0.5) is 4.39 Å². The Morgan fingerprint density at radius 2 is 2.24 bits per heavy atom. The van der Waals surface area contributed by atoms with E-state index in [2.05, 4.69) is 14.9 Å². The van der Waals surface area contributed by atoms with Crippen molar-refractivity contribution in [2.45, 2.75) is 26.4 Å². The van der Waals surface area contributed by atoms with Crippen molar-refractivity contribution in [3.05, 3.63) is 75.2 Å². The number of halogens is 1. The Morgan fingerprint density at radius 3 is 3.00 bits per heavy atom. The van der Waals surface area contributed by atoms with Gasteiger partial charge in [0, 0.05) is 25.2 Å². The third-order valence-corrected chi connectivity index (χ3v) is 4.55. The van der Waals surface area contributed by atoms with Crippen LogP contribution in [0.15, 0.2) is 45.8 Å². The van der Waals surface area contributed by atoms with E-state index >= 15 is 0 Å². The lowest BCUT2D eigenvalue weighted by atomic mass is 10.0. The monoisotopic (exact) mass is 339 g/mol. The van der Waals surface area contributed by atoms with E-state index in [1.54, 1.807) is 37.5 Å². The Labute approximate surface area is 144 Å². The summed E-state index contributed by atoms with van der Waals surface area (Å²) in [7, 11) is 0. The lowest BCUT2D eigenvalue weighted by Crippen LogP contribution is -2.35. The molecule has 3 aromatic rings. The van der Waals surface area contributed by atoms with Gasteiger partial charge in [0.1, 0.15) is 5.82 Å². The van der Waals surface area contributed by atoms with Crippen LogP contribution in [0.25, 0.3) is 11.6 Å². The van der Waals surface area contributed by atoms with Gasteiger partial charge in [-0.2, -0.15) is 0 Å². The molecule has 0 fully saturated rings. The van der Waals surface area contributed by atoms with Crippen molar-refractivity contribution in [2.75, 3.05) is 6.54 Å². The molecule has 1 aliphatic rings. The highest BCUT2D eigenvalue weighted by atomic mass is 19.1. The normalized spacial score (nSPS) is 14.5. The molecule has 2 aromatic heterocycles. The maximum absolute atomic E-state index is 13.7. The Hall–Kier alpha value is -2.73. The van der Waals surface area contributed by atoms with Gasteiger partial charge in [0.05, 0.1) is 12.0 Å². The second-order valence-corrected chi connectivity index (χ2v) is 6.36. The highest BCUT2D eigenvalue weighted by Gasteiger charge is 2.22. The molecule has 128 valence electrons. The molecular formula is C19H18FN3O2. The first-order valence-electron chi connectivity index (χ1n) is 8.23. The average Bonchev–Trinajstić information content (AvgIpc) is 3.12. The molecule has 4 rings (SSSR count). The van der Waals surface area contributed by atoms with Crippen LogP contribution in [-0.2, 0) is 19.5 Å². The second-order valence-electron chi connectivity index (χ2n) is 6.36. The number of nitrogens with one attached hydrogen (secondary N) is 1. The summed E-state index contributed by atoms with van der Waals surface area (Å²) in [6.45, 7) is 3.68. The van der Waals surface area contributed by atoms with Crippen molar-refractivity contribution in [3.63, 3.8) is 0 Å². The van der Waals surface area contributed by atoms with E-state index in [9.17, 15) is 9.18 Å². The Bertz CT molecular complexity index is 963. The zero-order valence-electron chi connectivity index (χ0n) is 13.9. The number of nitrogens with zero attached hydrogens (tertiary/aromatic N) is 2. The van der Waals surface area contributed by atoms with Gasteiger partial charge >= 0.3 is 0 Å². The van der Waals surface area contributed by atoms with Gasteiger partial charge in [-0.15, -0.1) is 0 Å². The molecular weight excluding hydrogens is 321 g/mol. The summed E-state index contributed by atoms with van der Waals surface area (Å²) in [5, 5.41) is 0. The molecule has 1 aliphatic heterocycles. The van der Waals surface area contributed by atoms with E-state index in [1.165, 1.54) is 0 Å². The van der Waals surface area contributed by atoms with E-state index in [-0.39, 0.29) is 11.4 Å². The van der Waals surface area contributed by atoms with Crippen molar-refractivity contribution in [2.24, 2.45) is 0 Å². The fourth-order valence-electron chi connectivity index (χ4n) is 3.15. The largest absolute Gasteiger partial charge is 0.461 e. The van der Waals surface area contributed by atoms with Gasteiger partial charge in [-0.25, -0.2) is 9.37 Å². The smallest absolute Gasteiger partial charge is 0.254 e. The molecule has 0 bridgehead atoms. The summed E-state index contributed by atoms with van der Waals surface area (Å²) in [5.74, 6) is 0.791. The van der Waals surface area contributed by atoms with Crippen molar-refractivity contribution in [3.8, 4) is 11.6 Å². The summed E-state index contributed by atoms with van der Waals surface area (Å²) in [4.78, 5) is 21.9. The van der Waals surface area contributed by atoms with E-state index in [4.69, 9.17) is 4.42 Å². The van der Waals surface area contributed by atoms with Crippen LogP contribution < -0.4 is 5.56 Å². The molecule has 3 heterocycles. The third-order valence-electron chi connectivity index (χ3n) is 4.55. The van der Waals surface area contributed by atoms with E-state index < -0.39 is 0 Å². The van der Waals surface area contributed by atoms with Gasteiger partial charge in [0.15, 0.2) is 11.6 Å². The zero-order chi connectivity index (χ0) is 17.4. The molecule has 0 radical (unpaired) electrons. The van der Waals surface area contributed by atoms with Gasteiger partial charge in [0.2, 0.25) is 0 Å². The minimum absolute atomic E-state index is 0.113. The van der Waals surface area contributed by atoms with Crippen molar-refractivity contribution >= 4 is 0 Å². The fourth-order valence-corrected chi connectivity index (χ4v) is 3.15. The third kappa shape index (κ3) is 3.13. The van der Waals surface area contributed by atoms with Gasteiger partial charge in [-0.1, -0.05) is 12.1 Å². The SMILES string of the molecule is Cc1ccc(CN2CCc3c(nc(-c4ccco4)[nH]c3=O)C2)cc1F. The van der Waals surface area contributed by atoms with Crippen LogP contribution in [-0.4, -0.2) is 21.4 Å². The summed E-state index contributed by atoms with van der Waals surface area (Å²) >= 11 is 0. The summed E-state index contributed by atoms with van der Waals surface area (Å²) in [6, 6.07) is 8.83. The number of aromatic amines is 1. The number of aromatic nitrogens is 2. The van der Waals surface area contributed by atoms with Crippen LogP contribution in [0.3, 0.4) is 0 Å². The predicted octanol–water partition coefficient (Wildman–Crippen LogP) is 3.04. The standard InChI is InChI=1S/C19H18FN3O2/c1-12-4-5-13(9-15(12)20)10-23-7-6-14-16(11-23)21-18(22-19(14)24)17-3-2-8-25-17/h2-5,8-9H,6-7,10-11H2,1H3,(H,21,22,24). The van der Waals surface area contributed by atoms with Crippen molar-refractivity contribution in [1.82, 2.24) is 14.9 Å². The molecule has 0 atom stereocenters. The average molecular weight is 339 g/mol. The minimum Gasteiger partial charge on any atom is -0.461 e. The van der Waals surface area contributed by atoms with Crippen molar-refractivity contribution in [1.29, 1.82) is 0 Å². The first-order valence-corrected chi connectivity index (χ1v) is 8.23. The zero-order valence-corrected chi connectivity index (χ0v) is 13.9. The summed E-state index contributed by atoms with van der Waals surface area (Å²) in [5.41, 5.74) is 2.93. The second kappa shape index (κ2) is 6.29. The van der Waals surface area contributed by atoms with Gasteiger partial charge in [-0.05, 0) is 42.7 Å². The van der Waals surface area contributed by atoms with Crippen LogP contribution in [0.2, 0.25) is 0 Å². The Kier molecular flexibility index (Phi) is 3.97. The topological polar surface area (TPSA) is 62.1 Å². The molecule has 25 heavy (non-hydrogen) atoms. The Morgan fingerprint density at radius 1 is 1.36 bits per heavy atom. The summed E-state index contributed by atoms with van der Waals surface area (Å²) < 4.78 is 19.1. The molecule has 6 heteroatoms. The van der Waals surface area contributed by atoms with Crippen molar-refractivity contribution < 1.29 is 8.81 Å². The highest BCUT2D eigenvalue weighted by Crippen LogP contribution is 2.21. The first-order chi connectivity index (χ1) is 12.1. The maximum atomic E-state index is 13.7. The number of H-pyrrole nitrogens is 1. The number of furan rings is 1. The highest BCUT2D eigenvalue weighted by molar-refractivity contribution is 5.47. The Balaban J connectivity index is 1.59. The first kappa shape index (κ1) is 15.8. The van der Waals surface area contributed by atoms with Crippen LogP contribution in [0.1, 0.15) is 22.4 Å². The minimum atomic E-state index is -0.190. The van der Waals surface area contributed by atoms with Gasteiger partial charge in [-0.3, -0.25) is 9.69 Å². The molecule has 0 unspecified atom stereocenters. The van der Waals surface area contributed by atoms with Crippen LogP contribution in [0, 0.1) is 12.7 Å². The molecule has 1 aromatic carbocycles. The van der Waals surface area contributed by atoms with Crippen LogP contribution >= 0.6 is 0 Å². The number of benzene rings is 1. The number of fused-ring (bicyclic) bond motifs is 1. The number of hydrogen-bond donors (Lipinski definition) is 1. The quantitative estimate of drug-likeness (QED) is 0.797. The van der Waals surface area contributed by atoms with E-state index in [1.807, 2.05) is 6.07 Å². The predicted molar refractivity (Wildman–Crippen MR) is 91.5 cm³/mol. The lowest BCUT2D eigenvalue weighted by Gasteiger charge is -2.27. The van der Waals surface area contributed by atoms with Gasteiger partial charge < -0.3 is 9.40 Å². The molecule has 0 aliphatic carbocycles. The molecule has 5 nitrogen and oxygen atoms in total. The fraction of sp³-hybridized carbons (Fsp3) is 0.263. The van der Waals surface area contributed by atoms with E-state index in [0.29, 0.717) is 36.7 Å². The van der Waals surface area contributed by atoms with Crippen LogP contribution in [0.5, 0.6) is 0 Å². The maximum Gasteiger partial charge on any atom is 0.254 e. The lowest BCUT2D eigenvalue weighted by molar-refractivity contribution is 0.240.